The fraction of sp³-hybridized carbons (Fsp3) is 0.250. The first-order chi connectivity index (χ1) is 4.88. The van der Waals surface area contributed by atoms with Gasteiger partial charge in [-0.05, 0) is 12.1 Å². The summed E-state index contributed by atoms with van der Waals surface area (Å²) in [6, 6.07) is 7.53. The van der Waals surface area contributed by atoms with E-state index in [0.29, 0.717) is 0 Å². The number of methoxy groups -OCH3 is 2. The number of para-hydroxylation sites is 2. The van der Waals surface area contributed by atoms with E-state index < -0.39 is 0 Å². The van der Waals surface area contributed by atoms with Crippen molar-refractivity contribution in [3.05, 3.63) is 24.3 Å². The molecule has 0 aromatic heterocycles. The predicted octanol–water partition coefficient (Wildman–Crippen LogP) is 1.87. The van der Waals surface area contributed by atoms with Gasteiger partial charge in [0.05, 0.1) is 14.2 Å². The van der Waals surface area contributed by atoms with Gasteiger partial charge in [-0.2, -0.15) is 0 Å². The molecule has 0 aliphatic carbocycles. The van der Waals surface area contributed by atoms with Crippen LogP contribution < -0.4 is 15.6 Å². The number of hydrogen-bond acceptors (Lipinski definition) is 3. The Morgan fingerprint density at radius 2 is 1.27 bits per heavy atom. The lowest BCUT2D eigenvalue weighted by Gasteiger charge is -2.04. The molecule has 0 bridgehead atoms. The van der Waals surface area contributed by atoms with E-state index in [4.69, 9.17) is 9.47 Å². The maximum atomic E-state index is 5.01. The van der Waals surface area contributed by atoms with Gasteiger partial charge in [-0.1, -0.05) is 12.1 Å². The largest absolute Gasteiger partial charge is 0.493 e. The zero-order chi connectivity index (χ0) is 7.40. The molecule has 0 aliphatic rings. The van der Waals surface area contributed by atoms with Crippen molar-refractivity contribution < 1.29 is 9.47 Å². The first-order valence-electron chi connectivity index (χ1n) is 3.05. The van der Waals surface area contributed by atoms with Crippen LogP contribution in [0.1, 0.15) is 0 Å². The zero-order valence-electron chi connectivity index (χ0n) is 6.83. The predicted molar refractivity (Wildman–Crippen MR) is 44.6 cm³/mol. The van der Waals surface area contributed by atoms with Gasteiger partial charge in [0.2, 0.25) is 0 Å². The maximum absolute atomic E-state index is 5.01. The number of hydrogen-bond donors (Lipinski definition) is 1. The summed E-state index contributed by atoms with van der Waals surface area (Å²) in [7, 11) is 3.25. The summed E-state index contributed by atoms with van der Waals surface area (Å²) in [6.45, 7) is 0. The van der Waals surface area contributed by atoms with Crippen molar-refractivity contribution in [3.63, 3.8) is 0 Å². The van der Waals surface area contributed by atoms with E-state index in [1.165, 1.54) is 0 Å². The molecule has 0 saturated carbocycles. The Hall–Kier alpha value is -1.22. The van der Waals surface area contributed by atoms with E-state index in [1.54, 1.807) is 14.2 Å². The van der Waals surface area contributed by atoms with Gasteiger partial charge >= 0.3 is 0 Å². The second-order valence-electron chi connectivity index (χ2n) is 1.85. The zero-order valence-corrected chi connectivity index (χ0v) is 6.83. The highest BCUT2D eigenvalue weighted by atomic mass is 16.5. The summed E-state index contributed by atoms with van der Waals surface area (Å²) in [4.78, 5) is 0. The molecule has 1 rings (SSSR count). The monoisotopic (exact) mass is 155 g/mol. The van der Waals surface area contributed by atoms with Gasteiger partial charge in [0, 0.05) is 0 Å². The van der Waals surface area contributed by atoms with Crippen molar-refractivity contribution in [2.24, 2.45) is 0 Å². The molecule has 11 heavy (non-hydrogen) atoms. The normalized spacial score (nSPS) is 8.18. The SMILES string of the molecule is COc1ccccc1OC.N. The first-order valence-corrected chi connectivity index (χ1v) is 3.05. The molecule has 0 saturated heterocycles. The minimum Gasteiger partial charge on any atom is -0.493 e. The summed E-state index contributed by atoms with van der Waals surface area (Å²) in [5.74, 6) is 1.54. The fourth-order valence-electron chi connectivity index (χ4n) is 0.787. The quantitative estimate of drug-likeness (QED) is 0.709. The molecule has 62 valence electrons. The molecule has 0 radical (unpaired) electrons. The van der Waals surface area contributed by atoms with Crippen molar-refractivity contribution >= 4 is 0 Å². The molecule has 0 heterocycles. The van der Waals surface area contributed by atoms with Crippen LogP contribution in [0.4, 0.5) is 0 Å². The number of benzene rings is 1. The van der Waals surface area contributed by atoms with Crippen LogP contribution in [-0.4, -0.2) is 14.2 Å². The van der Waals surface area contributed by atoms with Crippen molar-refractivity contribution in [2.75, 3.05) is 14.2 Å². The van der Waals surface area contributed by atoms with Gasteiger partial charge in [-0.15, -0.1) is 0 Å². The van der Waals surface area contributed by atoms with E-state index in [1.807, 2.05) is 24.3 Å². The molecule has 0 amide bonds. The minimum atomic E-state index is 0. The van der Waals surface area contributed by atoms with Crippen molar-refractivity contribution in [2.45, 2.75) is 0 Å². The van der Waals surface area contributed by atoms with Crippen molar-refractivity contribution in [1.82, 2.24) is 6.15 Å². The highest BCUT2D eigenvalue weighted by Gasteiger charge is 1.97. The Morgan fingerprint density at radius 1 is 0.909 bits per heavy atom. The van der Waals surface area contributed by atoms with Crippen LogP contribution in [0.5, 0.6) is 11.5 Å². The fourth-order valence-corrected chi connectivity index (χ4v) is 0.787. The number of ether oxygens (including phenoxy) is 2. The lowest BCUT2D eigenvalue weighted by atomic mass is 10.3. The van der Waals surface area contributed by atoms with Crippen LogP contribution in [0, 0.1) is 0 Å². The maximum Gasteiger partial charge on any atom is 0.160 e. The number of rotatable bonds is 2. The smallest absolute Gasteiger partial charge is 0.160 e. The van der Waals surface area contributed by atoms with Crippen LogP contribution in [0.25, 0.3) is 0 Å². The Balaban J connectivity index is 0.000001000. The molecule has 1 aromatic carbocycles. The summed E-state index contributed by atoms with van der Waals surface area (Å²) < 4.78 is 10.0. The second-order valence-corrected chi connectivity index (χ2v) is 1.85. The molecule has 0 unspecified atom stereocenters. The molecule has 1 aromatic rings. The Morgan fingerprint density at radius 3 is 1.55 bits per heavy atom. The summed E-state index contributed by atoms with van der Waals surface area (Å²) in [5.41, 5.74) is 0. The average molecular weight is 155 g/mol. The van der Waals surface area contributed by atoms with Gasteiger partial charge in [-0.3, -0.25) is 0 Å². The van der Waals surface area contributed by atoms with E-state index in [0.717, 1.165) is 11.5 Å². The molecule has 3 nitrogen and oxygen atoms in total. The third-order valence-corrected chi connectivity index (χ3v) is 1.29. The third kappa shape index (κ3) is 2.13. The molecular formula is C8H13NO2. The molecule has 3 heteroatoms. The minimum absolute atomic E-state index is 0. The molecule has 0 fully saturated rings. The molecular weight excluding hydrogens is 142 g/mol. The Labute approximate surface area is 66.5 Å². The Bertz CT molecular complexity index is 190. The van der Waals surface area contributed by atoms with E-state index in [9.17, 15) is 0 Å². The van der Waals surface area contributed by atoms with Gasteiger partial charge in [0.25, 0.3) is 0 Å². The van der Waals surface area contributed by atoms with Gasteiger partial charge < -0.3 is 15.6 Å². The van der Waals surface area contributed by atoms with E-state index in [2.05, 4.69) is 0 Å². The lowest BCUT2D eigenvalue weighted by Crippen LogP contribution is -1.88. The van der Waals surface area contributed by atoms with Crippen molar-refractivity contribution in [3.8, 4) is 11.5 Å². The topological polar surface area (TPSA) is 53.5 Å². The van der Waals surface area contributed by atoms with Crippen LogP contribution in [0.3, 0.4) is 0 Å². The van der Waals surface area contributed by atoms with Gasteiger partial charge in [0.1, 0.15) is 0 Å². The van der Waals surface area contributed by atoms with Crippen LogP contribution in [0.15, 0.2) is 24.3 Å². The molecule has 0 aliphatic heterocycles. The van der Waals surface area contributed by atoms with E-state index >= 15 is 0 Å². The Kier molecular flexibility index (Phi) is 4.07. The lowest BCUT2D eigenvalue weighted by molar-refractivity contribution is 0.355. The average Bonchev–Trinajstić information content (AvgIpc) is 2.04. The van der Waals surface area contributed by atoms with Crippen LogP contribution in [0.2, 0.25) is 0 Å². The third-order valence-electron chi connectivity index (χ3n) is 1.29. The summed E-state index contributed by atoms with van der Waals surface area (Å²) >= 11 is 0. The summed E-state index contributed by atoms with van der Waals surface area (Å²) in [5, 5.41) is 0. The summed E-state index contributed by atoms with van der Waals surface area (Å²) in [6.07, 6.45) is 0. The van der Waals surface area contributed by atoms with Gasteiger partial charge in [-0.25, -0.2) is 0 Å². The second kappa shape index (κ2) is 4.57. The van der Waals surface area contributed by atoms with Gasteiger partial charge in [0.15, 0.2) is 11.5 Å². The highest BCUT2D eigenvalue weighted by molar-refractivity contribution is 5.38. The first kappa shape index (κ1) is 9.78. The molecule has 0 atom stereocenters. The highest BCUT2D eigenvalue weighted by Crippen LogP contribution is 2.24. The molecule has 3 N–H and O–H groups in total. The molecule has 0 spiro atoms. The van der Waals surface area contributed by atoms with Crippen LogP contribution in [-0.2, 0) is 0 Å². The van der Waals surface area contributed by atoms with Crippen LogP contribution >= 0.6 is 0 Å². The van der Waals surface area contributed by atoms with Crippen molar-refractivity contribution in [1.29, 1.82) is 0 Å². The van der Waals surface area contributed by atoms with E-state index in [-0.39, 0.29) is 6.15 Å². The standard InChI is InChI=1S/C8H10O2.H3N/c1-9-7-5-3-4-6-8(7)10-2;/h3-6H,1-2H3;1H3.